The summed E-state index contributed by atoms with van der Waals surface area (Å²) in [6.45, 7) is 2.83. The van der Waals surface area contributed by atoms with Gasteiger partial charge in [0, 0.05) is 32.1 Å². The van der Waals surface area contributed by atoms with Gasteiger partial charge >= 0.3 is 0 Å². The van der Waals surface area contributed by atoms with E-state index < -0.39 is 4.92 Å². The number of carbonyl (C=O) groups excluding carboxylic acids is 1. The number of hydrogen-bond donors (Lipinski definition) is 1. The molecule has 0 spiro atoms. The number of imidazole rings is 1. The van der Waals surface area contributed by atoms with Crippen LogP contribution in [-0.2, 0) is 13.1 Å². The van der Waals surface area contributed by atoms with E-state index in [4.69, 9.17) is 0 Å². The topological polar surface area (TPSA) is 97.1 Å². The highest BCUT2D eigenvalue weighted by Gasteiger charge is 2.22. The van der Waals surface area contributed by atoms with Gasteiger partial charge in [-0.3, -0.25) is 14.9 Å². The van der Waals surface area contributed by atoms with Crippen LogP contribution >= 0.6 is 0 Å². The molecule has 1 amide bonds. The quantitative estimate of drug-likeness (QED) is 0.648. The molecule has 0 aromatic carbocycles. The molecule has 1 N–H and O–H groups in total. The zero-order valence-corrected chi connectivity index (χ0v) is 11.9. The second kappa shape index (κ2) is 6.21. The van der Waals surface area contributed by atoms with Gasteiger partial charge in [-0.15, -0.1) is 0 Å². The summed E-state index contributed by atoms with van der Waals surface area (Å²) in [5, 5.41) is 10.9. The van der Waals surface area contributed by atoms with Crippen molar-refractivity contribution < 1.29 is 9.72 Å². The second-order valence-corrected chi connectivity index (χ2v) is 4.73. The third kappa shape index (κ3) is 3.28. The number of aromatic amines is 1. The average molecular weight is 291 g/mol. The zero-order valence-electron chi connectivity index (χ0n) is 11.9. The van der Waals surface area contributed by atoms with Gasteiger partial charge in [0.15, 0.2) is 0 Å². The summed E-state index contributed by atoms with van der Waals surface area (Å²) >= 11 is 0. The standard InChI is InChI=1S/C13H17N5O3/c1-3-6-17-8-10(18(20)21)7-11(17)13(19)16(2)9-12-14-4-5-15-12/h4-5,7-8H,3,6,9H2,1-2H3,(H,14,15). The van der Waals surface area contributed by atoms with Gasteiger partial charge in [-0.25, -0.2) is 4.98 Å². The Balaban J connectivity index is 2.22. The number of H-pyrrole nitrogens is 1. The highest BCUT2D eigenvalue weighted by Crippen LogP contribution is 2.18. The van der Waals surface area contributed by atoms with Crippen LogP contribution in [0.4, 0.5) is 5.69 Å². The number of carbonyl (C=O) groups is 1. The van der Waals surface area contributed by atoms with Crippen molar-refractivity contribution in [1.82, 2.24) is 19.4 Å². The van der Waals surface area contributed by atoms with Crippen LogP contribution in [0.5, 0.6) is 0 Å². The van der Waals surface area contributed by atoms with Crippen molar-refractivity contribution in [2.75, 3.05) is 7.05 Å². The molecule has 0 aliphatic heterocycles. The maximum absolute atomic E-state index is 12.4. The first-order valence-corrected chi connectivity index (χ1v) is 6.61. The Morgan fingerprint density at radius 3 is 2.90 bits per heavy atom. The third-order valence-corrected chi connectivity index (χ3v) is 3.07. The molecule has 0 aliphatic rings. The third-order valence-electron chi connectivity index (χ3n) is 3.07. The van der Waals surface area contributed by atoms with Crippen molar-refractivity contribution in [1.29, 1.82) is 0 Å². The van der Waals surface area contributed by atoms with Gasteiger partial charge in [-0.1, -0.05) is 6.92 Å². The molecule has 0 saturated heterocycles. The van der Waals surface area contributed by atoms with Gasteiger partial charge in [-0.05, 0) is 6.42 Å². The highest BCUT2D eigenvalue weighted by molar-refractivity contribution is 5.93. The van der Waals surface area contributed by atoms with Crippen LogP contribution in [0.1, 0.15) is 29.7 Å². The molecule has 8 nitrogen and oxygen atoms in total. The van der Waals surface area contributed by atoms with Crippen molar-refractivity contribution in [3.8, 4) is 0 Å². The van der Waals surface area contributed by atoms with E-state index in [0.29, 0.717) is 24.6 Å². The minimum atomic E-state index is -0.491. The fourth-order valence-corrected chi connectivity index (χ4v) is 2.08. The molecular weight excluding hydrogens is 274 g/mol. The van der Waals surface area contributed by atoms with E-state index in [9.17, 15) is 14.9 Å². The first-order valence-electron chi connectivity index (χ1n) is 6.61. The maximum Gasteiger partial charge on any atom is 0.287 e. The molecule has 0 fully saturated rings. The van der Waals surface area contributed by atoms with Crippen LogP contribution in [0.25, 0.3) is 0 Å². The number of aromatic nitrogens is 3. The summed E-state index contributed by atoms with van der Waals surface area (Å²) in [7, 11) is 1.64. The van der Waals surface area contributed by atoms with E-state index in [-0.39, 0.29) is 11.6 Å². The molecule has 0 bridgehead atoms. The van der Waals surface area contributed by atoms with E-state index in [1.54, 1.807) is 24.0 Å². The molecule has 0 aliphatic carbocycles. The van der Waals surface area contributed by atoms with Crippen molar-refractivity contribution in [2.45, 2.75) is 26.4 Å². The molecule has 0 unspecified atom stereocenters. The van der Waals surface area contributed by atoms with Crippen LogP contribution < -0.4 is 0 Å². The Bertz CT molecular complexity index is 632. The lowest BCUT2D eigenvalue weighted by Gasteiger charge is -2.16. The molecule has 0 saturated carbocycles. The molecule has 0 atom stereocenters. The van der Waals surface area contributed by atoms with Gasteiger partial charge in [0.25, 0.3) is 11.6 Å². The predicted octanol–water partition coefficient (Wildman–Crippen LogP) is 1.80. The molecular formula is C13H17N5O3. The van der Waals surface area contributed by atoms with E-state index in [0.717, 1.165) is 6.42 Å². The smallest absolute Gasteiger partial charge is 0.287 e. The zero-order chi connectivity index (χ0) is 15.4. The highest BCUT2D eigenvalue weighted by atomic mass is 16.6. The van der Waals surface area contributed by atoms with Gasteiger partial charge in [0.05, 0.1) is 17.7 Å². The summed E-state index contributed by atoms with van der Waals surface area (Å²) in [6.07, 6.45) is 5.47. The largest absolute Gasteiger partial charge is 0.347 e. The van der Waals surface area contributed by atoms with Crippen LogP contribution in [0.15, 0.2) is 24.7 Å². The van der Waals surface area contributed by atoms with E-state index in [1.165, 1.54) is 17.2 Å². The molecule has 21 heavy (non-hydrogen) atoms. The van der Waals surface area contributed by atoms with Crippen molar-refractivity contribution in [3.05, 3.63) is 46.3 Å². The van der Waals surface area contributed by atoms with Gasteiger partial charge in [-0.2, -0.15) is 0 Å². The lowest BCUT2D eigenvalue weighted by Crippen LogP contribution is -2.28. The fraction of sp³-hybridized carbons (Fsp3) is 0.385. The van der Waals surface area contributed by atoms with Crippen LogP contribution in [0.2, 0.25) is 0 Å². The number of aryl methyl sites for hydroxylation is 1. The van der Waals surface area contributed by atoms with Crippen molar-refractivity contribution in [2.24, 2.45) is 0 Å². The van der Waals surface area contributed by atoms with E-state index >= 15 is 0 Å². The number of amides is 1. The summed E-state index contributed by atoms with van der Waals surface area (Å²) < 4.78 is 1.62. The van der Waals surface area contributed by atoms with Crippen LogP contribution in [0.3, 0.4) is 0 Å². The Morgan fingerprint density at radius 1 is 1.57 bits per heavy atom. The van der Waals surface area contributed by atoms with Gasteiger partial charge in [0.1, 0.15) is 11.5 Å². The minimum Gasteiger partial charge on any atom is -0.347 e. The van der Waals surface area contributed by atoms with Gasteiger partial charge < -0.3 is 14.5 Å². The fourth-order valence-electron chi connectivity index (χ4n) is 2.08. The lowest BCUT2D eigenvalue weighted by molar-refractivity contribution is -0.384. The number of nitrogens with zero attached hydrogens (tertiary/aromatic N) is 4. The Labute approximate surface area is 121 Å². The molecule has 2 aromatic rings. The number of rotatable bonds is 6. The second-order valence-electron chi connectivity index (χ2n) is 4.73. The molecule has 2 aromatic heterocycles. The van der Waals surface area contributed by atoms with Crippen LogP contribution in [0, 0.1) is 10.1 Å². The normalized spacial score (nSPS) is 10.6. The summed E-state index contributed by atoms with van der Waals surface area (Å²) in [4.78, 5) is 31.3. The first-order chi connectivity index (χ1) is 10.0. The van der Waals surface area contributed by atoms with E-state index in [2.05, 4.69) is 9.97 Å². The summed E-state index contributed by atoms with van der Waals surface area (Å²) in [6, 6.07) is 1.32. The predicted molar refractivity (Wildman–Crippen MR) is 75.8 cm³/mol. The van der Waals surface area contributed by atoms with E-state index in [1.807, 2.05) is 6.92 Å². The minimum absolute atomic E-state index is 0.0711. The molecule has 8 heteroatoms. The summed E-state index contributed by atoms with van der Waals surface area (Å²) in [5.41, 5.74) is 0.246. The Hall–Kier alpha value is -2.64. The summed E-state index contributed by atoms with van der Waals surface area (Å²) in [5.74, 6) is 0.391. The number of hydrogen-bond acceptors (Lipinski definition) is 4. The number of nitrogens with one attached hydrogen (secondary N) is 1. The molecule has 112 valence electrons. The molecule has 2 heterocycles. The first kappa shape index (κ1) is 14.8. The van der Waals surface area contributed by atoms with Crippen molar-refractivity contribution >= 4 is 11.6 Å². The SMILES string of the molecule is CCCn1cc([N+](=O)[O-])cc1C(=O)N(C)Cc1ncc[nH]1. The number of nitro groups is 1. The van der Waals surface area contributed by atoms with Crippen molar-refractivity contribution in [3.63, 3.8) is 0 Å². The molecule has 2 rings (SSSR count). The van der Waals surface area contributed by atoms with Gasteiger partial charge in [0.2, 0.25) is 0 Å². The monoisotopic (exact) mass is 291 g/mol. The van der Waals surface area contributed by atoms with Crippen LogP contribution in [-0.4, -0.2) is 37.3 Å². The average Bonchev–Trinajstić information content (AvgIpc) is 3.07. The lowest BCUT2D eigenvalue weighted by atomic mass is 10.3. The Morgan fingerprint density at radius 2 is 2.33 bits per heavy atom. The maximum atomic E-state index is 12.4. The molecule has 0 radical (unpaired) electrons. The Kier molecular flexibility index (Phi) is 4.36.